The molecule has 0 saturated carbocycles. The van der Waals surface area contributed by atoms with Gasteiger partial charge in [-0.15, -0.1) is 0 Å². The maximum atomic E-state index is 12.2. The zero-order valence-corrected chi connectivity index (χ0v) is 12.5. The van der Waals surface area contributed by atoms with Crippen molar-refractivity contribution in [1.82, 2.24) is 0 Å². The Hall–Kier alpha value is -3.42. The summed E-state index contributed by atoms with van der Waals surface area (Å²) in [7, 11) is 0. The molecule has 0 bridgehead atoms. The van der Waals surface area contributed by atoms with Gasteiger partial charge in [0.2, 0.25) is 11.8 Å². The van der Waals surface area contributed by atoms with Crippen LogP contribution in [-0.4, -0.2) is 22.8 Å². The molecule has 2 aromatic rings. The molecule has 0 spiro atoms. The Morgan fingerprint density at radius 3 is 2.54 bits per heavy atom. The van der Waals surface area contributed by atoms with Gasteiger partial charge in [-0.05, 0) is 18.2 Å². The molecule has 0 radical (unpaired) electrons. The molecule has 8 heteroatoms. The Bertz CT molecular complexity index is 821. The van der Waals surface area contributed by atoms with Crippen LogP contribution < -0.4 is 16.0 Å². The number of anilines is 3. The second-order valence-corrected chi connectivity index (χ2v) is 5.26. The minimum Gasteiger partial charge on any atom is -0.372 e. The molecule has 0 unspecified atom stereocenters. The van der Waals surface area contributed by atoms with E-state index in [2.05, 4.69) is 16.0 Å². The Labute approximate surface area is 137 Å². The fourth-order valence-corrected chi connectivity index (χ4v) is 2.46. The van der Waals surface area contributed by atoms with Crippen LogP contribution in [0, 0.1) is 10.1 Å². The van der Waals surface area contributed by atoms with Crippen LogP contribution >= 0.6 is 0 Å². The van der Waals surface area contributed by atoms with Gasteiger partial charge >= 0.3 is 0 Å². The summed E-state index contributed by atoms with van der Waals surface area (Å²) in [6, 6.07) is 12.3. The molecule has 3 rings (SSSR count). The van der Waals surface area contributed by atoms with Crippen molar-refractivity contribution in [3.05, 3.63) is 58.6 Å². The molecule has 2 amide bonds. The van der Waals surface area contributed by atoms with Gasteiger partial charge in [-0.2, -0.15) is 0 Å². The third-order valence-electron chi connectivity index (χ3n) is 3.60. The lowest BCUT2D eigenvalue weighted by molar-refractivity contribution is -0.383. The van der Waals surface area contributed by atoms with Crippen LogP contribution in [0.1, 0.15) is 6.42 Å². The van der Waals surface area contributed by atoms with E-state index in [9.17, 15) is 19.7 Å². The fraction of sp³-hybridized carbons (Fsp3) is 0.125. The van der Waals surface area contributed by atoms with Crippen molar-refractivity contribution in [3.63, 3.8) is 0 Å². The molecule has 1 atom stereocenters. The number of hydrogen-bond acceptors (Lipinski definition) is 5. The monoisotopic (exact) mass is 326 g/mol. The molecule has 2 aromatic carbocycles. The zero-order chi connectivity index (χ0) is 17.1. The van der Waals surface area contributed by atoms with Gasteiger partial charge in [0.15, 0.2) is 0 Å². The number of rotatable bonds is 4. The van der Waals surface area contributed by atoms with Crippen LogP contribution in [-0.2, 0) is 9.59 Å². The summed E-state index contributed by atoms with van der Waals surface area (Å²) >= 11 is 0. The molecule has 8 nitrogen and oxygen atoms in total. The second-order valence-electron chi connectivity index (χ2n) is 5.26. The number of nitro groups is 1. The minimum atomic E-state index is -0.748. The summed E-state index contributed by atoms with van der Waals surface area (Å²) in [5.41, 5.74) is 1.28. The lowest BCUT2D eigenvalue weighted by Gasteiger charge is -2.26. The summed E-state index contributed by atoms with van der Waals surface area (Å²) in [6.45, 7) is 0. The fourth-order valence-electron chi connectivity index (χ4n) is 2.46. The highest BCUT2D eigenvalue weighted by Gasteiger charge is 2.28. The van der Waals surface area contributed by atoms with Crippen molar-refractivity contribution in [2.45, 2.75) is 12.5 Å². The van der Waals surface area contributed by atoms with Crippen LogP contribution in [0.3, 0.4) is 0 Å². The Morgan fingerprint density at radius 2 is 1.79 bits per heavy atom. The van der Waals surface area contributed by atoms with E-state index in [4.69, 9.17) is 0 Å². The summed E-state index contributed by atoms with van der Waals surface area (Å²) in [5.74, 6) is -0.817. The number of nitro benzene ring substituents is 1. The topological polar surface area (TPSA) is 113 Å². The number of para-hydroxylation sites is 4. The van der Waals surface area contributed by atoms with Crippen molar-refractivity contribution < 1.29 is 14.5 Å². The summed E-state index contributed by atoms with van der Waals surface area (Å²) in [5, 5.41) is 19.2. The predicted octanol–water partition coefficient (Wildman–Crippen LogP) is 2.36. The molecule has 122 valence electrons. The molecule has 0 aromatic heterocycles. The third kappa shape index (κ3) is 3.17. The highest BCUT2D eigenvalue weighted by Crippen LogP contribution is 2.27. The molecular weight excluding hydrogens is 312 g/mol. The third-order valence-corrected chi connectivity index (χ3v) is 3.60. The van der Waals surface area contributed by atoms with Crippen LogP contribution in [0.4, 0.5) is 22.7 Å². The number of carbonyl (C=O) groups excluding carboxylic acids is 2. The van der Waals surface area contributed by atoms with Crippen molar-refractivity contribution in [3.8, 4) is 0 Å². The van der Waals surface area contributed by atoms with Gasteiger partial charge in [0.1, 0.15) is 11.7 Å². The maximum absolute atomic E-state index is 12.2. The lowest BCUT2D eigenvalue weighted by atomic mass is 10.1. The lowest BCUT2D eigenvalue weighted by Crippen LogP contribution is -2.41. The summed E-state index contributed by atoms with van der Waals surface area (Å²) < 4.78 is 0. The number of fused-ring (bicyclic) bond motifs is 1. The first-order valence-electron chi connectivity index (χ1n) is 7.24. The molecule has 0 fully saturated rings. The molecule has 24 heavy (non-hydrogen) atoms. The van der Waals surface area contributed by atoms with Gasteiger partial charge in [-0.1, -0.05) is 24.3 Å². The smallest absolute Gasteiger partial charge is 0.292 e. The number of nitrogens with one attached hydrogen (secondary N) is 3. The molecule has 3 N–H and O–H groups in total. The molecule has 1 aliphatic rings. The largest absolute Gasteiger partial charge is 0.372 e. The number of nitrogens with zero attached hydrogens (tertiary/aromatic N) is 1. The molecule has 0 aliphatic carbocycles. The van der Waals surface area contributed by atoms with Crippen molar-refractivity contribution in [2.75, 3.05) is 16.0 Å². The Morgan fingerprint density at radius 1 is 1.12 bits per heavy atom. The van der Waals surface area contributed by atoms with Gasteiger partial charge in [0, 0.05) is 6.07 Å². The Balaban J connectivity index is 1.70. The first-order valence-corrected chi connectivity index (χ1v) is 7.24. The predicted molar refractivity (Wildman–Crippen MR) is 88.8 cm³/mol. The van der Waals surface area contributed by atoms with Crippen LogP contribution in [0.2, 0.25) is 0 Å². The number of hydrogen-bond donors (Lipinski definition) is 3. The van der Waals surface area contributed by atoms with Crippen LogP contribution in [0.15, 0.2) is 48.5 Å². The van der Waals surface area contributed by atoms with E-state index in [-0.39, 0.29) is 23.7 Å². The quantitative estimate of drug-likeness (QED) is 0.589. The number of benzene rings is 2. The number of amides is 2. The summed E-state index contributed by atoms with van der Waals surface area (Å²) in [4.78, 5) is 34.6. The van der Waals surface area contributed by atoms with E-state index in [0.717, 1.165) is 5.69 Å². The van der Waals surface area contributed by atoms with Crippen molar-refractivity contribution >= 4 is 34.6 Å². The van der Waals surface area contributed by atoms with Crippen LogP contribution in [0.5, 0.6) is 0 Å². The minimum absolute atomic E-state index is 0.101. The summed E-state index contributed by atoms with van der Waals surface area (Å²) in [6.07, 6.45) is -0.147. The zero-order valence-electron chi connectivity index (χ0n) is 12.5. The molecular formula is C16H14N4O4. The Kier molecular flexibility index (Phi) is 4.11. The highest BCUT2D eigenvalue weighted by atomic mass is 16.6. The van der Waals surface area contributed by atoms with E-state index >= 15 is 0 Å². The van der Waals surface area contributed by atoms with E-state index in [0.29, 0.717) is 5.69 Å². The van der Waals surface area contributed by atoms with Crippen molar-refractivity contribution in [2.24, 2.45) is 0 Å². The first kappa shape index (κ1) is 15.5. The van der Waals surface area contributed by atoms with Crippen molar-refractivity contribution in [1.29, 1.82) is 0 Å². The van der Waals surface area contributed by atoms with Gasteiger partial charge in [-0.3, -0.25) is 19.7 Å². The molecule has 1 aliphatic heterocycles. The maximum Gasteiger partial charge on any atom is 0.292 e. The first-order chi connectivity index (χ1) is 11.5. The SMILES string of the molecule is O=C(C[C@@H]1Nc2ccccc2NC1=O)Nc1ccccc1[N+](=O)[O-]. The average molecular weight is 326 g/mol. The number of carbonyl (C=O) groups is 2. The average Bonchev–Trinajstić information content (AvgIpc) is 2.55. The van der Waals surface area contributed by atoms with E-state index in [1.54, 1.807) is 24.3 Å². The van der Waals surface area contributed by atoms with E-state index < -0.39 is 16.9 Å². The van der Waals surface area contributed by atoms with Gasteiger partial charge in [0.25, 0.3) is 5.69 Å². The van der Waals surface area contributed by atoms with E-state index in [1.807, 2.05) is 6.07 Å². The van der Waals surface area contributed by atoms with Gasteiger partial charge in [0.05, 0.1) is 22.7 Å². The van der Waals surface area contributed by atoms with E-state index in [1.165, 1.54) is 18.2 Å². The second kappa shape index (κ2) is 6.37. The highest BCUT2D eigenvalue weighted by molar-refractivity contribution is 6.06. The molecule has 1 heterocycles. The normalized spacial score (nSPS) is 15.7. The standard InChI is InChI=1S/C16H14N4O4/c21-15(18-12-7-3-4-8-14(12)20(23)24)9-13-16(22)19-11-6-2-1-5-10(11)17-13/h1-8,13,17H,9H2,(H,18,21)(H,19,22)/t13-/m0/s1. The molecule has 0 saturated heterocycles. The van der Waals surface area contributed by atoms with Gasteiger partial charge < -0.3 is 16.0 Å². The van der Waals surface area contributed by atoms with Crippen LogP contribution in [0.25, 0.3) is 0 Å². The van der Waals surface area contributed by atoms with Gasteiger partial charge in [-0.25, -0.2) is 0 Å².